The third-order valence-corrected chi connectivity index (χ3v) is 7.11. The number of anilines is 2. The van der Waals surface area contributed by atoms with E-state index in [1.807, 2.05) is 0 Å². The number of fused-ring (bicyclic) bond motifs is 1. The molecule has 1 aromatic heterocycles. The highest BCUT2D eigenvalue weighted by Crippen LogP contribution is 2.33. The molecule has 0 unspecified atom stereocenters. The van der Waals surface area contributed by atoms with Crippen LogP contribution in [-0.4, -0.2) is 29.5 Å². The number of nitrogens with one attached hydrogen (secondary N) is 2. The van der Waals surface area contributed by atoms with Gasteiger partial charge in [-0.2, -0.15) is 0 Å². The van der Waals surface area contributed by atoms with Crippen LogP contribution in [0.5, 0.6) is 0 Å². The molecule has 0 aliphatic rings. The molecule has 7 nitrogen and oxygen atoms in total. The monoisotopic (exact) mass is 475 g/mol. The summed E-state index contributed by atoms with van der Waals surface area (Å²) < 4.78 is 26.0. The third kappa shape index (κ3) is 4.23. The molecule has 10 heteroatoms. The first kappa shape index (κ1) is 21.2. The van der Waals surface area contributed by atoms with Gasteiger partial charge < -0.3 is 15.4 Å². The molecule has 4 aromatic rings. The summed E-state index contributed by atoms with van der Waals surface area (Å²) in [6, 6.07) is 16.3. The molecule has 0 amide bonds. The van der Waals surface area contributed by atoms with Crippen LogP contribution in [0.4, 0.5) is 11.6 Å². The van der Waals surface area contributed by atoms with Crippen LogP contribution < -0.4 is 5.32 Å². The summed E-state index contributed by atoms with van der Waals surface area (Å²) in [6.45, 7) is 0. The Hall–Kier alpha value is -3.07. The Labute approximate surface area is 187 Å². The van der Waals surface area contributed by atoms with E-state index in [2.05, 4.69) is 15.3 Å². The van der Waals surface area contributed by atoms with Crippen molar-refractivity contribution in [2.75, 3.05) is 5.32 Å². The molecule has 0 fully saturated rings. The number of aromatic nitrogens is 2. The minimum atomic E-state index is -3.94. The van der Waals surface area contributed by atoms with Gasteiger partial charge in [0.25, 0.3) is 0 Å². The molecule has 0 aliphatic heterocycles. The molecule has 4 rings (SSSR count). The maximum atomic E-state index is 13.0. The lowest BCUT2D eigenvalue weighted by molar-refractivity contribution is 0.0694. The van der Waals surface area contributed by atoms with Gasteiger partial charge in [-0.05, 0) is 29.8 Å². The second kappa shape index (κ2) is 8.22. The predicted molar refractivity (Wildman–Crippen MR) is 120 cm³/mol. The lowest BCUT2D eigenvalue weighted by Gasteiger charge is -2.08. The number of carboxylic acids is 1. The second-order valence-electron chi connectivity index (χ2n) is 6.70. The molecule has 0 saturated heterocycles. The van der Waals surface area contributed by atoms with E-state index in [0.29, 0.717) is 21.8 Å². The number of aromatic carboxylic acids is 1. The number of carbonyl (C=O) groups is 1. The standard InChI is InChI=1S/C21H15Cl2N3O4S/c22-13-7-4-8-14(18(13)23)24-21-25-15-9-10-16(17(20(27)28)19(15)26-21)31(29,30)11-12-5-2-1-3-6-12/h1-10H,11H2,(H,27,28)(H2,24,25,26). The molecule has 0 radical (unpaired) electrons. The molecule has 31 heavy (non-hydrogen) atoms. The first-order chi connectivity index (χ1) is 14.8. The highest BCUT2D eigenvalue weighted by Gasteiger charge is 2.27. The van der Waals surface area contributed by atoms with Crippen LogP contribution in [0.15, 0.2) is 65.6 Å². The number of H-pyrrole nitrogens is 1. The van der Waals surface area contributed by atoms with Gasteiger partial charge in [-0.1, -0.05) is 59.6 Å². The number of imidazole rings is 1. The zero-order chi connectivity index (χ0) is 22.2. The summed E-state index contributed by atoms with van der Waals surface area (Å²) in [5.74, 6) is -1.52. The molecular formula is C21H15Cl2N3O4S. The largest absolute Gasteiger partial charge is 0.478 e. The van der Waals surface area contributed by atoms with Gasteiger partial charge >= 0.3 is 5.97 Å². The topological polar surface area (TPSA) is 112 Å². The van der Waals surface area contributed by atoms with Crippen molar-refractivity contribution in [2.45, 2.75) is 10.6 Å². The Morgan fingerprint density at radius 2 is 1.77 bits per heavy atom. The van der Waals surface area contributed by atoms with Gasteiger partial charge in [-0.15, -0.1) is 0 Å². The maximum absolute atomic E-state index is 13.0. The number of aromatic amines is 1. The maximum Gasteiger partial charge on any atom is 0.339 e. The Bertz CT molecular complexity index is 1400. The first-order valence-electron chi connectivity index (χ1n) is 9.00. The van der Waals surface area contributed by atoms with Gasteiger partial charge in [-0.25, -0.2) is 18.2 Å². The SMILES string of the molecule is O=C(O)c1c(S(=O)(=O)Cc2ccccc2)ccc2[nH]c(Nc3cccc(Cl)c3Cl)nc12. The fraction of sp³-hybridized carbons (Fsp3) is 0.0476. The fourth-order valence-corrected chi connectivity index (χ4v) is 5.09. The quantitative estimate of drug-likeness (QED) is 0.349. The average Bonchev–Trinajstić information content (AvgIpc) is 3.13. The minimum absolute atomic E-state index is 0.0160. The molecule has 158 valence electrons. The molecule has 0 spiro atoms. The van der Waals surface area contributed by atoms with E-state index >= 15 is 0 Å². The van der Waals surface area contributed by atoms with Crippen molar-refractivity contribution in [1.29, 1.82) is 0 Å². The predicted octanol–water partition coefficient (Wildman–Crippen LogP) is 5.29. The number of hydrogen-bond donors (Lipinski definition) is 3. The number of rotatable bonds is 6. The van der Waals surface area contributed by atoms with Crippen molar-refractivity contribution in [1.82, 2.24) is 9.97 Å². The lowest BCUT2D eigenvalue weighted by Crippen LogP contribution is -2.12. The van der Waals surface area contributed by atoms with Crippen molar-refractivity contribution < 1.29 is 18.3 Å². The second-order valence-corrected chi connectivity index (χ2v) is 9.44. The van der Waals surface area contributed by atoms with Crippen molar-refractivity contribution in [3.8, 4) is 0 Å². The van der Waals surface area contributed by atoms with Crippen molar-refractivity contribution in [3.05, 3.63) is 81.8 Å². The summed E-state index contributed by atoms with van der Waals surface area (Å²) in [5.41, 5.74) is 0.995. The lowest BCUT2D eigenvalue weighted by atomic mass is 10.2. The van der Waals surface area contributed by atoms with E-state index in [4.69, 9.17) is 23.2 Å². The third-order valence-electron chi connectivity index (χ3n) is 4.57. The highest BCUT2D eigenvalue weighted by atomic mass is 35.5. The number of benzene rings is 3. The van der Waals surface area contributed by atoms with Gasteiger partial charge in [0.2, 0.25) is 5.95 Å². The normalized spacial score (nSPS) is 11.5. The molecule has 1 heterocycles. The van der Waals surface area contributed by atoms with Gasteiger partial charge in [0.05, 0.1) is 31.9 Å². The molecule has 0 atom stereocenters. The summed E-state index contributed by atoms with van der Waals surface area (Å²) in [7, 11) is -3.94. The van der Waals surface area contributed by atoms with Gasteiger partial charge in [0.15, 0.2) is 9.84 Å². The fourth-order valence-electron chi connectivity index (χ4n) is 3.18. The van der Waals surface area contributed by atoms with Crippen molar-refractivity contribution in [2.24, 2.45) is 0 Å². The highest BCUT2D eigenvalue weighted by molar-refractivity contribution is 7.90. The average molecular weight is 476 g/mol. The molecule has 3 N–H and O–H groups in total. The molecule has 0 aliphatic carbocycles. The van der Waals surface area contributed by atoms with Crippen LogP contribution in [0.1, 0.15) is 15.9 Å². The number of nitrogens with zero attached hydrogens (tertiary/aromatic N) is 1. The Balaban J connectivity index is 1.79. The number of halogens is 2. The van der Waals surface area contributed by atoms with Crippen LogP contribution in [0.25, 0.3) is 11.0 Å². The van der Waals surface area contributed by atoms with Crippen LogP contribution in [-0.2, 0) is 15.6 Å². The summed E-state index contributed by atoms with van der Waals surface area (Å²) in [4.78, 5) is 18.9. The summed E-state index contributed by atoms with van der Waals surface area (Å²) >= 11 is 12.2. The summed E-state index contributed by atoms with van der Waals surface area (Å²) in [5, 5.41) is 13.3. The van der Waals surface area contributed by atoms with E-state index in [1.54, 1.807) is 48.5 Å². The Morgan fingerprint density at radius 1 is 1.03 bits per heavy atom. The van der Waals surface area contributed by atoms with Crippen LogP contribution in [0, 0.1) is 0 Å². The van der Waals surface area contributed by atoms with Gasteiger partial charge in [-0.3, -0.25) is 0 Å². The van der Waals surface area contributed by atoms with Crippen molar-refractivity contribution >= 4 is 61.7 Å². The van der Waals surface area contributed by atoms with E-state index in [1.165, 1.54) is 12.1 Å². The zero-order valence-corrected chi connectivity index (χ0v) is 18.1. The molecular weight excluding hydrogens is 461 g/mol. The number of sulfone groups is 1. The Morgan fingerprint density at radius 3 is 2.48 bits per heavy atom. The zero-order valence-electron chi connectivity index (χ0n) is 15.8. The van der Waals surface area contributed by atoms with E-state index < -0.39 is 21.4 Å². The molecule has 3 aromatic carbocycles. The minimum Gasteiger partial charge on any atom is -0.478 e. The molecule has 0 bridgehead atoms. The van der Waals surface area contributed by atoms with Gasteiger partial charge in [0.1, 0.15) is 11.1 Å². The van der Waals surface area contributed by atoms with E-state index in [9.17, 15) is 18.3 Å². The van der Waals surface area contributed by atoms with Crippen LogP contribution in [0.2, 0.25) is 10.0 Å². The Kier molecular flexibility index (Phi) is 5.62. The first-order valence-corrected chi connectivity index (χ1v) is 11.4. The van der Waals surface area contributed by atoms with Gasteiger partial charge in [0, 0.05) is 0 Å². The van der Waals surface area contributed by atoms with Crippen molar-refractivity contribution in [3.63, 3.8) is 0 Å². The van der Waals surface area contributed by atoms with E-state index in [0.717, 1.165) is 0 Å². The number of carboxylic acid groups (broad SMARTS) is 1. The van der Waals surface area contributed by atoms with Crippen LogP contribution >= 0.6 is 23.2 Å². The number of hydrogen-bond acceptors (Lipinski definition) is 5. The van der Waals surface area contributed by atoms with Crippen LogP contribution in [0.3, 0.4) is 0 Å². The van der Waals surface area contributed by atoms with E-state index in [-0.39, 0.29) is 27.1 Å². The molecule has 0 saturated carbocycles. The summed E-state index contributed by atoms with van der Waals surface area (Å²) in [6.07, 6.45) is 0. The smallest absolute Gasteiger partial charge is 0.339 e.